The minimum atomic E-state index is 0.587. The quantitative estimate of drug-likeness (QED) is 0.756. The van der Waals surface area contributed by atoms with Crippen molar-refractivity contribution in [3.8, 4) is 5.75 Å². The van der Waals surface area contributed by atoms with Gasteiger partial charge in [0.05, 0.1) is 0 Å². The number of H-pyrrole nitrogens is 1. The molecule has 0 atom stereocenters. The molecule has 90 valence electrons. The molecule has 0 amide bonds. The van der Waals surface area contributed by atoms with Gasteiger partial charge in [-0.05, 0) is 42.0 Å². The molecule has 0 saturated heterocycles. The Kier molecular flexibility index (Phi) is 3.07. The van der Waals surface area contributed by atoms with Crippen LogP contribution >= 0.6 is 15.9 Å². The summed E-state index contributed by atoms with van der Waals surface area (Å²) in [7, 11) is 0. The van der Waals surface area contributed by atoms with Crippen LogP contribution in [-0.2, 0) is 6.61 Å². The summed E-state index contributed by atoms with van der Waals surface area (Å²) >= 11 is 3.42. The van der Waals surface area contributed by atoms with E-state index in [1.807, 2.05) is 42.6 Å². The van der Waals surface area contributed by atoms with E-state index in [1.54, 1.807) is 0 Å². The van der Waals surface area contributed by atoms with Crippen LogP contribution in [0.4, 0.5) is 0 Å². The predicted octanol–water partition coefficient (Wildman–Crippen LogP) is 4.51. The second-order valence-corrected chi connectivity index (χ2v) is 5.06. The van der Waals surface area contributed by atoms with Crippen LogP contribution in [0, 0.1) is 0 Å². The summed E-state index contributed by atoms with van der Waals surface area (Å²) in [5, 5.41) is 1.17. The molecule has 0 unspecified atom stereocenters. The molecule has 1 heterocycles. The molecule has 1 aromatic heterocycles. The van der Waals surface area contributed by atoms with Gasteiger partial charge in [0.1, 0.15) is 12.4 Å². The first-order valence-corrected chi connectivity index (χ1v) is 6.55. The van der Waals surface area contributed by atoms with E-state index < -0.39 is 0 Å². The zero-order chi connectivity index (χ0) is 12.4. The van der Waals surface area contributed by atoms with Crippen LogP contribution in [0.1, 0.15) is 5.56 Å². The van der Waals surface area contributed by atoms with E-state index in [2.05, 4.69) is 33.0 Å². The molecule has 3 heteroatoms. The molecule has 0 saturated carbocycles. The average Bonchev–Trinajstić information content (AvgIpc) is 2.85. The predicted molar refractivity (Wildman–Crippen MR) is 76.8 cm³/mol. The summed E-state index contributed by atoms with van der Waals surface area (Å²) in [6.07, 6.45) is 1.93. The van der Waals surface area contributed by atoms with Crippen molar-refractivity contribution in [2.45, 2.75) is 6.61 Å². The lowest BCUT2D eigenvalue weighted by molar-refractivity contribution is 0.306. The molecule has 0 aliphatic heterocycles. The molecule has 3 aromatic rings. The first kappa shape index (κ1) is 11.4. The molecule has 0 aliphatic carbocycles. The van der Waals surface area contributed by atoms with E-state index in [0.717, 1.165) is 21.3 Å². The molecule has 3 rings (SSSR count). The Balaban J connectivity index is 1.74. The lowest BCUT2D eigenvalue weighted by Crippen LogP contribution is -1.94. The third kappa shape index (κ3) is 2.41. The van der Waals surface area contributed by atoms with Gasteiger partial charge in [-0.15, -0.1) is 0 Å². The van der Waals surface area contributed by atoms with Crippen molar-refractivity contribution in [1.82, 2.24) is 4.98 Å². The Labute approximate surface area is 114 Å². The van der Waals surface area contributed by atoms with Crippen LogP contribution in [0.3, 0.4) is 0 Å². The van der Waals surface area contributed by atoms with Gasteiger partial charge in [-0.3, -0.25) is 0 Å². The van der Waals surface area contributed by atoms with Gasteiger partial charge in [0.25, 0.3) is 0 Å². The van der Waals surface area contributed by atoms with Crippen molar-refractivity contribution in [2.24, 2.45) is 0 Å². The largest absolute Gasteiger partial charge is 0.489 e. The third-order valence-corrected chi connectivity index (χ3v) is 3.37. The van der Waals surface area contributed by atoms with Gasteiger partial charge in [-0.25, -0.2) is 0 Å². The van der Waals surface area contributed by atoms with Gasteiger partial charge in [-0.2, -0.15) is 0 Å². The number of hydrogen-bond acceptors (Lipinski definition) is 1. The summed E-state index contributed by atoms with van der Waals surface area (Å²) in [5.74, 6) is 0.894. The Hall–Kier alpha value is -1.74. The Morgan fingerprint density at radius 3 is 2.67 bits per heavy atom. The Morgan fingerprint density at radius 2 is 1.83 bits per heavy atom. The number of ether oxygens (including phenoxy) is 1. The van der Waals surface area contributed by atoms with E-state index in [4.69, 9.17) is 4.74 Å². The number of benzene rings is 2. The summed E-state index contributed by atoms with van der Waals surface area (Å²) in [5.41, 5.74) is 2.29. The average molecular weight is 302 g/mol. The number of halogens is 1. The Morgan fingerprint density at radius 1 is 1.00 bits per heavy atom. The van der Waals surface area contributed by atoms with E-state index in [0.29, 0.717) is 6.61 Å². The van der Waals surface area contributed by atoms with Gasteiger partial charge in [0, 0.05) is 21.6 Å². The topological polar surface area (TPSA) is 25.0 Å². The fourth-order valence-electron chi connectivity index (χ4n) is 1.87. The van der Waals surface area contributed by atoms with Crippen molar-refractivity contribution in [2.75, 3.05) is 0 Å². The van der Waals surface area contributed by atoms with Crippen LogP contribution in [0.2, 0.25) is 0 Å². The molecule has 0 radical (unpaired) electrons. The van der Waals surface area contributed by atoms with Gasteiger partial charge in [0.15, 0.2) is 0 Å². The number of aromatic amines is 1. The van der Waals surface area contributed by atoms with Crippen molar-refractivity contribution in [3.05, 3.63) is 64.8 Å². The summed E-state index contributed by atoms with van der Waals surface area (Å²) in [6.45, 7) is 0.587. The molecular formula is C15H12BrNO. The number of nitrogens with one attached hydrogen (secondary N) is 1. The van der Waals surface area contributed by atoms with E-state index in [9.17, 15) is 0 Å². The van der Waals surface area contributed by atoms with Crippen molar-refractivity contribution in [1.29, 1.82) is 0 Å². The van der Waals surface area contributed by atoms with Crippen molar-refractivity contribution < 1.29 is 4.74 Å². The van der Waals surface area contributed by atoms with E-state index in [1.165, 1.54) is 5.39 Å². The molecule has 2 nitrogen and oxygen atoms in total. The molecule has 0 bridgehead atoms. The highest BCUT2D eigenvalue weighted by Crippen LogP contribution is 2.21. The summed E-state index contributed by atoms with van der Waals surface area (Å²) in [6, 6.07) is 16.3. The molecule has 0 spiro atoms. The zero-order valence-electron chi connectivity index (χ0n) is 9.69. The Bertz CT molecular complexity index is 658. The standard InChI is InChI=1S/C15H12BrNO/c16-13-3-1-11(2-4-13)10-18-14-5-6-15-12(9-14)7-8-17-15/h1-9,17H,10H2. The first-order chi connectivity index (χ1) is 8.81. The van der Waals surface area contributed by atoms with Gasteiger partial charge < -0.3 is 9.72 Å². The maximum absolute atomic E-state index is 5.78. The van der Waals surface area contributed by atoms with Gasteiger partial charge in [-0.1, -0.05) is 28.1 Å². The second-order valence-electron chi connectivity index (χ2n) is 4.14. The summed E-state index contributed by atoms with van der Waals surface area (Å²) in [4.78, 5) is 3.17. The van der Waals surface area contributed by atoms with Gasteiger partial charge >= 0.3 is 0 Å². The summed E-state index contributed by atoms with van der Waals surface area (Å²) < 4.78 is 6.86. The third-order valence-electron chi connectivity index (χ3n) is 2.84. The molecular weight excluding hydrogens is 290 g/mol. The smallest absolute Gasteiger partial charge is 0.120 e. The maximum atomic E-state index is 5.78. The highest BCUT2D eigenvalue weighted by Gasteiger charge is 1.99. The number of aromatic nitrogens is 1. The van der Waals surface area contributed by atoms with Crippen LogP contribution in [0.25, 0.3) is 10.9 Å². The van der Waals surface area contributed by atoms with Crippen molar-refractivity contribution in [3.63, 3.8) is 0 Å². The molecule has 0 fully saturated rings. The molecule has 2 aromatic carbocycles. The SMILES string of the molecule is Brc1ccc(COc2ccc3[nH]ccc3c2)cc1. The highest BCUT2D eigenvalue weighted by atomic mass is 79.9. The van der Waals surface area contributed by atoms with Crippen molar-refractivity contribution >= 4 is 26.8 Å². The maximum Gasteiger partial charge on any atom is 0.120 e. The number of rotatable bonds is 3. The fourth-order valence-corrected chi connectivity index (χ4v) is 2.13. The van der Waals surface area contributed by atoms with Crippen LogP contribution in [0.5, 0.6) is 5.75 Å². The van der Waals surface area contributed by atoms with Crippen LogP contribution < -0.4 is 4.74 Å². The van der Waals surface area contributed by atoms with E-state index >= 15 is 0 Å². The van der Waals surface area contributed by atoms with E-state index in [-0.39, 0.29) is 0 Å². The second kappa shape index (κ2) is 4.86. The number of fused-ring (bicyclic) bond motifs is 1. The fraction of sp³-hybridized carbons (Fsp3) is 0.0667. The number of hydrogen-bond donors (Lipinski definition) is 1. The monoisotopic (exact) mass is 301 g/mol. The van der Waals surface area contributed by atoms with Crippen LogP contribution in [-0.4, -0.2) is 4.98 Å². The molecule has 0 aliphatic rings. The molecule has 18 heavy (non-hydrogen) atoms. The minimum absolute atomic E-state index is 0.587. The first-order valence-electron chi connectivity index (χ1n) is 5.76. The lowest BCUT2D eigenvalue weighted by Gasteiger charge is -2.06. The van der Waals surface area contributed by atoms with Crippen LogP contribution in [0.15, 0.2) is 59.2 Å². The zero-order valence-corrected chi connectivity index (χ0v) is 11.3. The highest BCUT2D eigenvalue weighted by molar-refractivity contribution is 9.10. The normalized spacial score (nSPS) is 10.7. The lowest BCUT2D eigenvalue weighted by atomic mass is 10.2. The van der Waals surface area contributed by atoms with Gasteiger partial charge in [0.2, 0.25) is 0 Å². The molecule has 1 N–H and O–H groups in total. The minimum Gasteiger partial charge on any atom is -0.489 e.